The van der Waals surface area contributed by atoms with Crippen LogP contribution in [0.25, 0.3) is 0 Å². The van der Waals surface area contributed by atoms with Crippen LogP contribution in [0.15, 0.2) is 12.2 Å². The van der Waals surface area contributed by atoms with Crippen LogP contribution < -0.4 is 0 Å². The van der Waals surface area contributed by atoms with Crippen LogP contribution in [0.4, 0.5) is 0 Å². The highest BCUT2D eigenvalue weighted by atomic mass is 16.1. The van der Waals surface area contributed by atoms with Gasteiger partial charge in [0.25, 0.3) is 0 Å². The fraction of sp³-hybridized carbons (Fsp3) is 0.786. The van der Waals surface area contributed by atoms with Crippen molar-refractivity contribution in [3.63, 3.8) is 0 Å². The molecule has 15 heavy (non-hydrogen) atoms. The van der Waals surface area contributed by atoms with Gasteiger partial charge < -0.3 is 4.79 Å². The van der Waals surface area contributed by atoms with Crippen molar-refractivity contribution >= 4 is 6.29 Å². The SMILES string of the molecule is CC1C=CC2C(CCCC2C(C)C=O)C1. The van der Waals surface area contributed by atoms with Crippen molar-refractivity contribution < 1.29 is 4.79 Å². The van der Waals surface area contributed by atoms with Gasteiger partial charge in [0.1, 0.15) is 6.29 Å². The Balaban J connectivity index is 2.13. The molecule has 0 aromatic rings. The summed E-state index contributed by atoms with van der Waals surface area (Å²) >= 11 is 0. The summed E-state index contributed by atoms with van der Waals surface area (Å²) in [7, 11) is 0. The highest BCUT2D eigenvalue weighted by molar-refractivity contribution is 5.53. The van der Waals surface area contributed by atoms with Crippen LogP contribution in [-0.4, -0.2) is 6.29 Å². The zero-order valence-corrected chi connectivity index (χ0v) is 9.86. The molecule has 0 aliphatic heterocycles. The first kappa shape index (κ1) is 10.9. The van der Waals surface area contributed by atoms with E-state index in [1.807, 2.05) is 0 Å². The lowest BCUT2D eigenvalue weighted by molar-refractivity contribution is -0.113. The molecule has 0 N–H and O–H groups in total. The summed E-state index contributed by atoms with van der Waals surface area (Å²) in [6, 6.07) is 0. The van der Waals surface area contributed by atoms with Gasteiger partial charge in [-0.3, -0.25) is 0 Å². The summed E-state index contributed by atoms with van der Waals surface area (Å²) in [6.07, 6.45) is 11.2. The van der Waals surface area contributed by atoms with E-state index in [-0.39, 0.29) is 5.92 Å². The number of hydrogen-bond donors (Lipinski definition) is 0. The maximum Gasteiger partial charge on any atom is 0.123 e. The van der Waals surface area contributed by atoms with E-state index in [2.05, 4.69) is 26.0 Å². The first-order valence-electron chi connectivity index (χ1n) is 6.36. The molecule has 2 aliphatic carbocycles. The molecule has 0 aromatic carbocycles. The Morgan fingerprint density at radius 1 is 1.33 bits per heavy atom. The smallest absolute Gasteiger partial charge is 0.123 e. The molecule has 1 heteroatoms. The maximum atomic E-state index is 10.9. The molecule has 0 saturated heterocycles. The second-order valence-electron chi connectivity index (χ2n) is 5.53. The lowest BCUT2D eigenvalue weighted by atomic mass is 9.63. The van der Waals surface area contributed by atoms with Crippen molar-refractivity contribution in [1.82, 2.24) is 0 Å². The van der Waals surface area contributed by atoms with E-state index in [1.54, 1.807) is 0 Å². The molecule has 0 spiro atoms. The summed E-state index contributed by atoms with van der Waals surface area (Å²) in [5.74, 6) is 3.15. The van der Waals surface area contributed by atoms with Crippen LogP contribution in [0.2, 0.25) is 0 Å². The third kappa shape index (κ3) is 2.16. The van der Waals surface area contributed by atoms with E-state index in [4.69, 9.17) is 0 Å². The van der Waals surface area contributed by atoms with E-state index in [1.165, 1.54) is 25.7 Å². The van der Waals surface area contributed by atoms with E-state index in [9.17, 15) is 4.79 Å². The summed E-state index contributed by atoms with van der Waals surface area (Å²) in [6.45, 7) is 4.39. The summed E-state index contributed by atoms with van der Waals surface area (Å²) in [5, 5.41) is 0. The zero-order chi connectivity index (χ0) is 10.8. The molecule has 0 aromatic heterocycles. The highest BCUT2D eigenvalue weighted by Gasteiger charge is 2.36. The number of fused-ring (bicyclic) bond motifs is 1. The van der Waals surface area contributed by atoms with Crippen LogP contribution in [0.1, 0.15) is 39.5 Å². The molecule has 0 radical (unpaired) electrons. The van der Waals surface area contributed by atoms with Crippen molar-refractivity contribution in [1.29, 1.82) is 0 Å². The Bertz CT molecular complexity index is 256. The molecule has 0 bridgehead atoms. The minimum atomic E-state index is 0.246. The number of rotatable bonds is 2. The van der Waals surface area contributed by atoms with Crippen molar-refractivity contribution in [2.75, 3.05) is 0 Å². The fourth-order valence-electron chi connectivity index (χ4n) is 3.51. The topological polar surface area (TPSA) is 17.1 Å². The molecule has 1 fully saturated rings. The number of allylic oxidation sites excluding steroid dienone is 2. The van der Waals surface area contributed by atoms with Gasteiger partial charge in [-0.2, -0.15) is 0 Å². The summed E-state index contributed by atoms with van der Waals surface area (Å²) in [5.41, 5.74) is 0. The second-order valence-corrected chi connectivity index (χ2v) is 5.53. The normalized spacial score (nSPS) is 42.0. The Kier molecular flexibility index (Phi) is 3.28. The lowest BCUT2D eigenvalue weighted by Gasteiger charge is -2.41. The monoisotopic (exact) mass is 206 g/mol. The van der Waals surface area contributed by atoms with Crippen molar-refractivity contribution in [3.8, 4) is 0 Å². The standard InChI is InChI=1S/C14H22O/c1-10-6-7-14-12(8-10)4-3-5-13(14)11(2)9-15/h6-7,9-14H,3-5,8H2,1-2H3. The maximum absolute atomic E-state index is 10.9. The third-order valence-electron chi connectivity index (χ3n) is 4.38. The van der Waals surface area contributed by atoms with Gasteiger partial charge in [-0.25, -0.2) is 0 Å². The van der Waals surface area contributed by atoms with Crippen molar-refractivity contribution in [2.24, 2.45) is 29.6 Å². The van der Waals surface area contributed by atoms with Crippen LogP contribution in [-0.2, 0) is 4.79 Å². The number of hydrogen-bond acceptors (Lipinski definition) is 1. The molecule has 1 nitrogen and oxygen atoms in total. The molecule has 2 aliphatic rings. The Morgan fingerprint density at radius 2 is 2.13 bits per heavy atom. The zero-order valence-electron chi connectivity index (χ0n) is 9.86. The fourth-order valence-corrected chi connectivity index (χ4v) is 3.51. The van der Waals surface area contributed by atoms with Gasteiger partial charge in [0.15, 0.2) is 0 Å². The molecule has 0 amide bonds. The first-order valence-corrected chi connectivity index (χ1v) is 6.36. The number of aldehydes is 1. The number of carbonyl (C=O) groups is 1. The first-order chi connectivity index (χ1) is 7.22. The molecule has 5 atom stereocenters. The molecule has 0 heterocycles. The van der Waals surface area contributed by atoms with Gasteiger partial charge in [-0.1, -0.05) is 32.4 Å². The number of carbonyl (C=O) groups excluding carboxylic acids is 1. The van der Waals surface area contributed by atoms with Crippen molar-refractivity contribution in [2.45, 2.75) is 39.5 Å². The molecule has 84 valence electrons. The quantitative estimate of drug-likeness (QED) is 0.499. The van der Waals surface area contributed by atoms with Crippen LogP contribution in [0, 0.1) is 29.6 Å². The molecular formula is C14H22O. The second kappa shape index (κ2) is 4.51. The van der Waals surface area contributed by atoms with Crippen molar-refractivity contribution in [3.05, 3.63) is 12.2 Å². The Labute approximate surface area is 92.9 Å². The van der Waals surface area contributed by atoms with Gasteiger partial charge in [-0.15, -0.1) is 0 Å². The summed E-state index contributed by atoms with van der Waals surface area (Å²) < 4.78 is 0. The van der Waals surface area contributed by atoms with E-state index < -0.39 is 0 Å². The van der Waals surface area contributed by atoms with Gasteiger partial charge in [-0.05, 0) is 42.9 Å². The van der Waals surface area contributed by atoms with E-state index in [0.717, 1.165) is 18.1 Å². The Morgan fingerprint density at radius 3 is 2.87 bits per heavy atom. The lowest BCUT2D eigenvalue weighted by Crippen LogP contribution is -2.34. The predicted molar refractivity (Wildman–Crippen MR) is 62.5 cm³/mol. The highest BCUT2D eigenvalue weighted by Crippen LogP contribution is 2.44. The van der Waals surface area contributed by atoms with E-state index >= 15 is 0 Å². The van der Waals surface area contributed by atoms with Crippen LogP contribution >= 0.6 is 0 Å². The van der Waals surface area contributed by atoms with Gasteiger partial charge in [0, 0.05) is 5.92 Å². The van der Waals surface area contributed by atoms with Crippen LogP contribution in [0.3, 0.4) is 0 Å². The molecule has 5 unspecified atom stereocenters. The third-order valence-corrected chi connectivity index (χ3v) is 4.38. The Hall–Kier alpha value is -0.590. The van der Waals surface area contributed by atoms with Gasteiger partial charge in [0.2, 0.25) is 0 Å². The minimum Gasteiger partial charge on any atom is -0.303 e. The predicted octanol–water partition coefficient (Wildman–Crippen LogP) is 3.45. The van der Waals surface area contributed by atoms with E-state index in [0.29, 0.717) is 11.8 Å². The van der Waals surface area contributed by atoms with Gasteiger partial charge in [0.05, 0.1) is 0 Å². The largest absolute Gasteiger partial charge is 0.303 e. The molecular weight excluding hydrogens is 184 g/mol. The van der Waals surface area contributed by atoms with Gasteiger partial charge >= 0.3 is 0 Å². The minimum absolute atomic E-state index is 0.246. The average molecular weight is 206 g/mol. The van der Waals surface area contributed by atoms with Crippen LogP contribution in [0.5, 0.6) is 0 Å². The molecule has 1 saturated carbocycles. The average Bonchev–Trinajstić information content (AvgIpc) is 2.26. The molecule has 2 rings (SSSR count). The summed E-state index contributed by atoms with van der Waals surface area (Å²) in [4.78, 5) is 10.9.